The lowest BCUT2D eigenvalue weighted by Crippen LogP contribution is -2.44. The topological polar surface area (TPSA) is 41.4 Å². The van der Waals surface area contributed by atoms with Crippen LogP contribution >= 0.6 is 0 Å². The fourth-order valence-corrected chi connectivity index (χ4v) is 3.80. The third-order valence-corrected chi connectivity index (χ3v) is 5.14. The average Bonchev–Trinajstić information content (AvgIpc) is 3.01. The summed E-state index contributed by atoms with van der Waals surface area (Å²) in [5, 5.41) is 0. The molecule has 1 aliphatic heterocycles. The molecule has 1 aromatic carbocycles. The second-order valence-corrected chi connectivity index (χ2v) is 7.28. The van der Waals surface area contributed by atoms with Crippen molar-refractivity contribution in [3.8, 4) is 0 Å². The molecule has 0 saturated carbocycles. The smallest absolute Gasteiger partial charge is 0.244 e. The lowest BCUT2D eigenvalue weighted by molar-refractivity contribution is -0.137. The molecule has 1 aliphatic rings. The molecular formula is C20H28N4O. The SMILES string of the molecule is Cc1cccc([C@H](C(=O)N2CCC(c3nccn3C)CC2)N(C)C)c1. The first-order chi connectivity index (χ1) is 12.0. The van der Waals surface area contributed by atoms with Gasteiger partial charge < -0.3 is 9.47 Å². The van der Waals surface area contributed by atoms with Crippen LogP contribution in [0.2, 0.25) is 0 Å². The van der Waals surface area contributed by atoms with E-state index < -0.39 is 0 Å². The molecule has 1 aromatic heterocycles. The standard InChI is InChI=1S/C20H28N4O/c1-15-6-5-7-17(14-15)18(22(2)3)20(25)24-11-8-16(9-12-24)19-21-10-13-23(19)4/h5-7,10,13-14,16,18H,8-9,11-12H2,1-4H3/t18-/m1/s1. The number of hydrogen-bond acceptors (Lipinski definition) is 3. The summed E-state index contributed by atoms with van der Waals surface area (Å²) in [7, 11) is 6.00. The van der Waals surface area contributed by atoms with Gasteiger partial charge in [0.05, 0.1) is 0 Å². The maximum atomic E-state index is 13.2. The van der Waals surface area contributed by atoms with Gasteiger partial charge in [-0.05, 0) is 39.4 Å². The number of hydrogen-bond donors (Lipinski definition) is 0. The van der Waals surface area contributed by atoms with Gasteiger partial charge in [0.2, 0.25) is 5.91 Å². The molecule has 3 rings (SSSR count). The van der Waals surface area contributed by atoms with Gasteiger partial charge >= 0.3 is 0 Å². The third kappa shape index (κ3) is 3.76. The van der Waals surface area contributed by atoms with E-state index in [0.717, 1.165) is 37.3 Å². The van der Waals surface area contributed by atoms with Crippen LogP contribution in [-0.2, 0) is 11.8 Å². The van der Waals surface area contributed by atoms with E-state index in [1.807, 2.05) is 49.4 Å². The van der Waals surface area contributed by atoms with Crippen LogP contribution in [0, 0.1) is 6.92 Å². The highest BCUT2D eigenvalue weighted by Gasteiger charge is 2.31. The Kier molecular flexibility index (Phi) is 5.23. The first-order valence-electron chi connectivity index (χ1n) is 8.96. The number of nitrogens with zero attached hydrogens (tertiary/aromatic N) is 4. The average molecular weight is 340 g/mol. The minimum absolute atomic E-state index is 0.203. The van der Waals surface area contributed by atoms with Crippen molar-refractivity contribution in [2.24, 2.45) is 7.05 Å². The third-order valence-electron chi connectivity index (χ3n) is 5.14. The summed E-state index contributed by atoms with van der Waals surface area (Å²) in [5.74, 6) is 1.78. The molecule has 0 unspecified atom stereocenters. The van der Waals surface area contributed by atoms with Crippen molar-refractivity contribution in [2.45, 2.75) is 31.7 Å². The van der Waals surface area contributed by atoms with Gasteiger partial charge in [0.1, 0.15) is 11.9 Å². The summed E-state index contributed by atoms with van der Waals surface area (Å²) < 4.78 is 2.09. The largest absolute Gasteiger partial charge is 0.341 e. The van der Waals surface area contributed by atoms with Crippen LogP contribution in [0.25, 0.3) is 0 Å². The molecule has 0 aliphatic carbocycles. The molecule has 0 bridgehead atoms. The van der Waals surface area contributed by atoms with E-state index in [0.29, 0.717) is 5.92 Å². The molecule has 134 valence electrons. The molecule has 5 nitrogen and oxygen atoms in total. The molecule has 25 heavy (non-hydrogen) atoms. The van der Waals surface area contributed by atoms with Crippen molar-refractivity contribution in [3.63, 3.8) is 0 Å². The van der Waals surface area contributed by atoms with E-state index >= 15 is 0 Å². The maximum Gasteiger partial charge on any atom is 0.244 e. The number of aryl methyl sites for hydroxylation is 2. The van der Waals surface area contributed by atoms with Crippen LogP contribution in [0.1, 0.15) is 41.8 Å². The first-order valence-corrected chi connectivity index (χ1v) is 8.96. The van der Waals surface area contributed by atoms with Crippen molar-refractivity contribution in [1.29, 1.82) is 0 Å². The van der Waals surface area contributed by atoms with Crippen molar-refractivity contribution >= 4 is 5.91 Å². The number of amides is 1. The molecule has 1 saturated heterocycles. The van der Waals surface area contributed by atoms with Gasteiger partial charge in [0.25, 0.3) is 0 Å². The minimum Gasteiger partial charge on any atom is -0.341 e. The van der Waals surface area contributed by atoms with Crippen molar-refractivity contribution in [2.75, 3.05) is 27.2 Å². The summed E-state index contributed by atoms with van der Waals surface area (Å²) >= 11 is 0. The summed E-state index contributed by atoms with van der Waals surface area (Å²) in [6, 6.07) is 8.05. The maximum absolute atomic E-state index is 13.2. The molecule has 5 heteroatoms. The van der Waals surface area contributed by atoms with E-state index in [1.54, 1.807) is 0 Å². The molecule has 2 aromatic rings. The van der Waals surface area contributed by atoms with Crippen LogP contribution in [-0.4, -0.2) is 52.4 Å². The minimum atomic E-state index is -0.218. The highest BCUT2D eigenvalue weighted by Crippen LogP contribution is 2.29. The van der Waals surface area contributed by atoms with Crippen LogP contribution in [0.5, 0.6) is 0 Å². The van der Waals surface area contributed by atoms with Gasteiger partial charge in [0, 0.05) is 38.4 Å². The van der Waals surface area contributed by atoms with Gasteiger partial charge in [-0.25, -0.2) is 4.98 Å². The number of likely N-dealkylation sites (N-methyl/N-ethyl adjacent to an activating group) is 1. The van der Waals surface area contributed by atoms with Gasteiger partial charge in [-0.15, -0.1) is 0 Å². The normalized spacial score (nSPS) is 17.1. The predicted octanol–water partition coefficient (Wildman–Crippen LogP) is 2.74. The fourth-order valence-electron chi connectivity index (χ4n) is 3.80. The molecule has 1 amide bonds. The number of carbonyl (C=O) groups is 1. The summed E-state index contributed by atoms with van der Waals surface area (Å²) in [6.07, 6.45) is 5.80. The lowest BCUT2D eigenvalue weighted by Gasteiger charge is -2.36. The van der Waals surface area contributed by atoms with Crippen molar-refractivity contribution in [1.82, 2.24) is 19.4 Å². The summed E-state index contributed by atoms with van der Waals surface area (Å²) in [5.41, 5.74) is 2.26. The Bertz CT molecular complexity index is 729. The van der Waals surface area contributed by atoms with E-state index in [-0.39, 0.29) is 11.9 Å². The van der Waals surface area contributed by atoms with Gasteiger partial charge in [-0.1, -0.05) is 29.8 Å². The second-order valence-electron chi connectivity index (χ2n) is 7.28. The second kappa shape index (κ2) is 7.40. The zero-order chi connectivity index (χ0) is 18.0. The zero-order valence-electron chi connectivity index (χ0n) is 15.6. The summed E-state index contributed by atoms with van der Waals surface area (Å²) in [6.45, 7) is 3.66. The Balaban J connectivity index is 1.71. The highest BCUT2D eigenvalue weighted by molar-refractivity contribution is 5.83. The zero-order valence-corrected chi connectivity index (χ0v) is 15.6. The number of carbonyl (C=O) groups excluding carboxylic acids is 1. The molecule has 0 radical (unpaired) electrons. The van der Waals surface area contributed by atoms with Crippen LogP contribution < -0.4 is 0 Å². The molecular weight excluding hydrogens is 312 g/mol. The highest BCUT2D eigenvalue weighted by atomic mass is 16.2. The monoisotopic (exact) mass is 340 g/mol. The van der Waals surface area contributed by atoms with Crippen LogP contribution in [0.3, 0.4) is 0 Å². The quantitative estimate of drug-likeness (QED) is 0.859. The van der Waals surface area contributed by atoms with Crippen molar-refractivity contribution in [3.05, 3.63) is 53.6 Å². The summed E-state index contributed by atoms with van der Waals surface area (Å²) in [4.78, 5) is 21.7. The van der Waals surface area contributed by atoms with Crippen LogP contribution in [0.15, 0.2) is 36.7 Å². The van der Waals surface area contributed by atoms with E-state index in [2.05, 4.69) is 34.7 Å². The molecule has 1 fully saturated rings. The predicted molar refractivity (Wildman–Crippen MR) is 99.4 cm³/mol. The van der Waals surface area contributed by atoms with Crippen molar-refractivity contribution < 1.29 is 4.79 Å². The Hall–Kier alpha value is -2.14. The molecule has 0 spiro atoms. The molecule has 0 N–H and O–H groups in total. The number of likely N-dealkylation sites (tertiary alicyclic amines) is 1. The van der Waals surface area contributed by atoms with E-state index in [4.69, 9.17) is 0 Å². The number of imidazole rings is 1. The van der Waals surface area contributed by atoms with E-state index in [1.165, 1.54) is 5.56 Å². The fraction of sp³-hybridized carbons (Fsp3) is 0.500. The van der Waals surface area contributed by atoms with E-state index in [9.17, 15) is 4.79 Å². The Morgan fingerprint density at radius 3 is 2.56 bits per heavy atom. The van der Waals surface area contributed by atoms with Gasteiger partial charge in [-0.3, -0.25) is 9.69 Å². The van der Waals surface area contributed by atoms with Crippen LogP contribution in [0.4, 0.5) is 0 Å². The Labute approximate surface area is 150 Å². The lowest BCUT2D eigenvalue weighted by atomic mass is 9.94. The Morgan fingerprint density at radius 2 is 2.00 bits per heavy atom. The molecule has 2 heterocycles. The number of rotatable bonds is 4. The molecule has 1 atom stereocenters. The van der Waals surface area contributed by atoms with Gasteiger partial charge in [-0.2, -0.15) is 0 Å². The van der Waals surface area contributed by atoms with Gasteiger partial charge in [0.15, 0.2) is 0 Å². The number of aromatic nitrogens is 2. The number of piperidine rings is 1. The Morgan fingerprint density at radius 1 is 1.28 bits per heavy atom. The first kappa shape index (κ1) is 17.7. The number of benzene rings is 1.